The molecule has 31 heavy (non-hydrogen) atoms. The number of halogens is 1. The molecule has 3 aliphatic rings. The van der Waals surface area contributed by atoms with Gasteiger partial charge in [0.25, 0.3) is 0 Å². The monoisotopic (exact) mass is 430 g/mol. The SMILES string of the molecule is O=C1CCC(COC/C=C/CCNC2(c3ccc(F)c(OCC4CC4)c3)CC2)C(=O)N1. The summed E-state index contributed by atoms with van der Waals surface area (Å²) in [6.45, 7) is 2.21. The van der Waals surface area contributed by atoms with E-state index in [0.29, 0.717) is 44.3 Å². The van der Waals surface area contributed by atoms with E-state index in [1.54, 1.807) is 0 Å². The summed E-state index contributed by atoms with van der Waals surface area (Å²) < 4.78 is 25.3. The van der Waals surface area contributed by atoms with E-state index in [9.17, 15) is 14.0 Å². The van der Waals surface area contributed by atoms with E-state index >= 15 is 0 Å². The molecule has 1 atom stereocenters. The Hall–Kier alpha value is -2.25. The zero-order valence-corrected chi connectivity index (χ0v) is 17.8. The van der Waals surface area contributed by atoms with Crippen molar-refractivity contribution in [2.45, 2.75) is 50.5 Å². The quantitative estimate of drug-likeness (QED) is 0.303. The number of carbonyl (C=O) groups excluding carboxylic acids is 2. The van der Waals surface area contributed by atoms with E-state index in [4.69, 9.17) is 9.47 Å². The number of benzene rings is 1. The molecule has 0 radical (unpaired) electrons. The van der Waals surface area contributed by atoms with Crippen molar-refractivity contribution < 1.29 is 23.5 Å². The Labute approximate surface area is 182 Å². The number of nitrogens with one attached hydrogen (secondary N) is 2. The van der Waals surface area contributed by atoms with Gasteiger partial charge in [-0.1, -0.05) is 18.2 Å². The van der Waals surface area contributed by atoms with Crippen LogP contribution in [0, 0.1) is 17.7 Å². The number of piperidine rings is 1. The molecule has 1 unspecified atom stereocenters. The van der Waals surface area contributed by atoms with Gasteiger partial charge >= 0.3 is 0 Å². The summed E-state index contributed by atoms with van der Waals surface area (Å²) in [4.78, 5) is 22.8. The normalized spacial score (nSPS) is 22.5. The summed E-state index contributed by atoms with van der Waals surface area (Å²) in [6, 6.07) is 5.23. The van der Waals surface area contributed by atoms with Crippen molar-refractivity contribution in [2.24, 2.45) is 11.8 Å². The molecule has 1 heterocycles. The first-order chi connectivity index (χ1) is 15.1. The molecule has 0 spiro atoms. The van der Waals surface area contributed by atoms with Gasteiger partial charge < -0.3 is 14.8 Å². The summed E-state index contributed by atoms with van der Waals surface area (Å²) >= 11 is 0. The van der Waals surface area contributed by atoms with Gasteiger partial charge in [0.2, 0.25) is 11.8 Å². The van der Waals surface area contributed by atoms with Gasteiger partial charge in [-0.25, -0.2) is 4.39 Å². The third kappa shape index (κ3) is 6.14. The first-order valence-corrected chi connectivity index (χ1v) is 11.3. The highest BCUT2D eigenvalue weighted by molar-refractivity contribution is 5.98. The second-order valence-corrected chi connectivity index (χ2v) is 8.85. The Morgan fingerprint density at radius 1 is 1.16 bits per heavy atom. The van der Waals surface area contributed by atoms with Gasteiger partial charge in [0, 0.05) is 12.0 Å². The zero-order valence-electron chi connectivity index (χ0n) is 17.8. The lowest BCUT2D eigenvalue weighted by Gasteiger charge is -2.20. The fourth-order valence-electron chi connectivity index (χ4n) is 3.85. The summed E-state index contributed by atoms with van der Waals surface area (Å²) in [6.07, 6.45) is 10.2. The van der Waals surface area contributed by atoms with Gasteiger partial charge in [-0.05, 0) is 68.7 Å². The van der Waals surface area contributed by atoms with E-state index in [1.807, 2.05) is 18.2 Å². The van der Waals surface area contributed by atoms with Crippen molar-refractivity contribution in [2.75, 3.05) is 26.4 Å². The minimum absolute atomic E-state index is 0.0679. The van der Waals surface area contributed by atoms with Crippen LogP contribution in [0.3, 0.4) is 0 Å². The Balaban J connectivity index is 1.15. The highest BCUT2D eigenvalue weighted by Gasteiger charge is 2.44. The summed E-state index contributed by atoms with van der Waals surface area (Å²) in [5.74, 6) is -0.0102. The van der Waals surface area contributed by atoms with E-state index in [0.717, 1.165) is 31.4 Å². The molecule has 2 amide bonds. The Kier molecular flexibility index (Phi) is 7.02. The molecule has 3 fully saturated rings. The van der Waals surface area contributed by atoms with E-state index in [-0.39, 0.29) is 29.1 Å². The topological polar surface area (TPSA) is 76.7 Å². The van der Waals surface area contributed by atoms with E-state index < -0.39 is 0 Å². The van der Waals surface area contributed by atoms with Crippen molar-refractivity contribution in [1.29, 1.82) is 0 Å². The van der Waals surface area contributed by atoms with E-state index in [1.165, 1.54) is 18.9 Å². The molecule has 0 aromatic heterocycles. The van der Waals surface area contributed by atoms with Gasteiger partial charge in [-0.15, -0.1) is 0 Å². The highest BCUT2D eigenvalue weighted by Crippen LogP contribution is 2.46. The molecule has 1 saturated heterocycles. The largest absolute Gasteiger partial charge is 0.490 e. The van der Waals surface area contributed by atoms with Gasteiger partial charge in [0.1, 0.15) is 0 Å². The van der Waals surface area contributed by atoms with Crippen LogP contribution < -0.4 is 15.4 Å². The molecule has 2 saturated carbocycles. The van der Waals surface area contributed by atoms with Crippen LogP contribution in [-0.2, 0) is 19.9 Å². The maximum Gasteiger partial charge on any atom is 0.232 e. The van der Waals surface area contributed by atoms with Crippen LogP contribution in [0.1, 0.15) is 50.5 Å². The number of rotatable bonds is 12. The molecule has 1 aliphatic heterocycles. The molecule has 168 valence electrons. The second-order valence-electron chi connectivity index (χ2n) is 8.85. The van der Waals surface area contributed by atoms with Crippen LogP contribution in [0.5, 0.6) is 5.75 Å². The molecule has 2 aliphatic carbocycles. The highest BCUT2D eigenvalue weighted by atomic mass is 19.1. The fraction of sp³-hybridized carbons (Fsp3) is 0.583. The average molecular weight is 431 g/mol. The van der Waals surface area contributed by atoms with Crippen LogP contribution in [-0.4, -0.2) is 38.2 Å². The summed E-state index contributed by atoms with van der Waals surface area (Å²) in [5.41, 5.74) is 1.03. The number of carbonyl (C=O) groups is 2. The van der Waals surface area contributed by atoms with Crippen molar-refractivity contribution in [3.63, 3.8) is 0 Å². The first kappa shape index (κ1) is 22.0. The first-order valence-electron chi connectivity index (χ1n) is 11.3. The molecular weight excluding hydrogens is 399 g/mol. The standard InChI is InChI=1S/C24H31FN2O4/c25-20-8-7-19(14-21(20)31-15-17-4-5-17)24(10-11-24)26-12-2-1-3-13-30-16-18-6-9-22(28)27-23(18)29/h1,3,7-8,14,17-18,26H,2,4-6,9-13,15-16H2,(H,27,28,29)/b3-1+. The number of hydrogen-bond acceptors (Lipinski definition) is 5. The smallest absolute Gasteiger partial charge is 0.232 e. The van der Waals surface area contributed by atoms with Gasteiger partial charge in [-0.3, -0.25) is 14.9 Å². The van der Waals surface area contributed by atoms with Crippen LogP contribution >= 0.6 is 0 Å². The van der Waals surface area contributed by atoms with Gasteiger partial charge in [-0.2, -0.15) is 0 Å². The second kappa shape index (κ2) is 9.92. The lowest BCUT2D eigenvalue weighted by Crippen LogP contribution is -2.42. The Morgan fingerprint density at radius 2 is 2.00 bits per heavy atom. The Morgan fingerprint density at radius 3 is 2.74 bits per heavy atom. The van der Waals surface area contributed by atoms with Gasteiger partial charge in [0.05, 0.1) is 25.7 Å². The van der Waals surface area contributed by atoms with E-state index in [2.05, 4.69) is 16.7 Å². The molecule has 1 aromatic carbocycles. The third-order valence-electron chi connectivity index (χ3n) is 6.23. The lowest BCUT2D eigenvalue weighted by atomic mass is 9.99. The lowest BCUT2D eigenvalue weighted by molar-refractivity contribution is -0.137. The zero-order chi connectivity index (χ0) is 21.7. The maximum absolute atomic E-state index is 14.1. The van der Waals surface area contributed by atoms with Crippen molar-refractivity contribution >= 4 is 11.8 Å². The number of amides is 2. The minimum Gasteiger partial charge on any atom is -0.490 e. The number of ether oxygens (including phenoxy) is 2. The Bertz CT molecular complexity index is 833. The minimum atomic E-state index is -0.291. The van der Waals surface area contributed by atoms with Crippen LogP contribution in [0.2, 0.25) is 0 Å². The summed E-state index contributed by atoms with van der Waals surface area (Å²) in [5, 5.41) is 5.95. The molecule has 1 aromatic rings. The number of imide groups is 1. The molecule has 7 heteroatoms. The predicted octanol–water partition coefficient (Wildman–Crippen LogP) is 3.21. The summed E-state index contributed by atoms with van der Waals surface area (Å²) in [7, 11) is 0. The van der Waals surface area contributed by atoms with Crippen molar-refractivity contribution in [3.05, 3.63) is 41.7 Å². The number of hydrogen-bond donors (Lipinski definition) is 2. The fourth-order valence-corrected chi connectivity index (χ4v) is 3.85. The molecule has 6 nitrogen and oxygen atoms in total. The van der Waals surface area contributed by atoms with Crippen LogP contribution in [0.15, 0.2) is 30.4 Å². The van der Waals surface area contributed by atoms with Crippen molar-refractivity contribution in [1.82, 2.24) is 10.6 Å². The van der Waals surface area contributed by atoms with Crippen molar-refractivity contribution in [3.8, 4) is 5.75 Å². The third-order valence-corrected chi connectivity index (χ3v) is 6.23. The molecule has 2 N–H and O–H groups in total. The maximum atomic E-state index is 14.1. The predicted molar refractivity (Wildman–Crippen MR) is 114 cm³/mol. The molecule has 0 bridgehead atoms. The van der Waals surface area contributed by atoms with Crippen LogP contribution in [0.4, 0.5) is 4.39 Å². The molecule has 4 rings (SSSR count). The van der Waals surface area contributed by atoms with Gasteiger partial charge in [0.15, 0.2) is 11.6 Å². The average Bonchev–Trinajstić information content (AvgIpc) is 3.66. The van der Waals surface area contributed by atoms with Crippen LogP contribution in [0.25, 0.3) is 0 Å². The molecular formula is C24H31FN2O4.